The van der Waals surface area contributed by atoms with Gasteiger partial charge >= 0.3 is 0 Å². The molecule has 1 aliphatic rings. The highest BCUT2D eigenvalue weighted by Crippen LogP contribution is 2.23. The number of hydrogen-bond acceptors (Lipinski definition) is 3. The average molecular weight is 353 g/mol. The van der Waals surface area contributed by atoms with Crippen LogP contribution in [0.25, 0.3) is 0 Å². The maximum atomic E-state index is 6.05. The first-order valence-corrected chi connectivity index (χ1v) is 9.06. The number of aliphatic imine (C=N–C) groups is 1. The second kappa shape index (κ2) is 9.87. The highest BCUT2D eigenvalue weighted by molar-refractivity contribution is 6.30. The highest BCUT2D eigenvalue weighted by Gasteiger charge is 2.23. The molecule has 0 spiro atoms. The molecule has 0 saturated carbocycles. The van der Waals surface area contributed by atoms with E-state index >= 15 is 0 Å². The van der Waals surface area contributed by atoms with Crippen LogP contribution in [0, 0.1) is 0 Å². The fourth-order valence-corrected chi connectivity index (χ4v) is 2.88. The summed E-state index contributed by atoms with van der Waals surface area (Å²) in [5.41, 5.74) is 1.26. The molecule has 0 bridgehead atoms. The van der Waals surface area contributed by atoms with Crippen molar-refractivity contribution < 1.29 is 4.74 Å². The third kappa shape index (κ3) is 5.65. The molecule has 2 N–H and O–H groups in total. The molecule has 0 aromatic heterocycles. The summed E-state index contributed by atoms with van der Waals surface area (Å²) in [5, 5.41) is 7.64. The number of benzene rings is 1. The van der Waals surface area contributed by atoms with E-state index in [2.05, 4.69) is 46.5 Å². The first-order valence-electron chi connectivity index (χ1n) is 8.68. The average Bonchev–Trinajstić information content (AvgIpc) is 2.63. The Balaban J connectivity index is 2.06. The molecule has 2 rings (SSSR count). The zero-order chi connectivity index (χ0) is 17.4. The quantitative estimate of drug-likeness (QED) is 0.610. The zero-order valence-corrected chi connectivity index (χ0v) is 15.6. The van der Waals surface area contributed by atoms with Crippen LogP contribution in [0.5, 0.6) is 0 Å². The normalized spacial score (nSPS) is 18.9. The van der Waals surface area contributed by atoms with Crippen LogP contribution in [0.3, 0.4) is 0 Å². The maximum absolute atomic E-state index is 6.05. The van der Waals surface area contributed by atoms with Crippen LogP contribution >= 0.6 is 11.6 Å². The van der Waals surface area contributed by atoms with E-state index in [1.807, 2.05) is 19.2 Å². The van der Waals surface area contributed by atoms with Gasteiger partial charge in [-0.2, -0.15) is 0 Å². The van der Waals surface area contributed by atoms with Crippen LogP contribution in [-0.4, -0.2) is 56.8 Å². The Morgan fingerprint density at radius 1 is 1.29 bits per heavy atom. The van der Waals surface area contributed by atoms with Gasteiger partial charge in [-0.1, -0.05) is 30.7 Å². The van der Waals surface area contributed by atoms with Crippen LogP contribution in [-0.2, 0) is 4.74 Å². The van der Waals surface area contributed by atoms with E-state index in [0.29, 0.717) is 6.04 Å². The van der Waals surface area contributed by atoms with Gasteiger partial charge in [0.2, 0.25) is 0 Å². The Hall–Kier alpha value is -1.30. The fourth-order valence-electron chi connectivity index (χ4n) is 2.76. The minimum absolute atomic E-state index is 0.265. The molecule has 1 saturated heterocycles. The van der Waals surface area contributed by atoms with Gasteiger partial charge in [0, 0.05) is 37.7 Å². The van der Waals surface area contributed by atoms with Crippen LogP contribution < -0.4 is 10.6 Å². The third-order valence-electron chi connectivity index (χ3n) is 4.42. The van der Waals surface area contributed by atoms with E-state index in [-0.39, 0.29) is 6.04 Å². The van der Waals surface area contributed by atoms with Crippen molar-refractivity contribution in [3.8, 4) is 0 Å². The standard InChI is InChI=1S/C18H29ClN4O/c1-4-14(2)22-18(20-3)21-13-17(23-9-11-24-12-10-23)15-5-7-16(19)8-6-15/h5-8,14,17H,4,9-13H2,1-3H3,(H2,20,21,22). The molecular weight excluding hydrogens is 324 g/mol. The lowest BCUT2D eigenvalue weighted by molar-refractivity contribution is 0.0170. The Labute approximate surface area is 150 Å². The third-order valence-corrected chi connectivity index (χ3v) is 4.68. The van der Waals surface area contributed by atoms with Crippen molar-refractivity contribution in [2.75, 3.05) is 39.9 Å². The number of halogens is 1. The smallest absolute Gasteiger partial charge is 0.191 e. The monoisotopic (exact) mass is 352 g/mol. The lowest BCUT2D eigenvalue weighted by Gasteiger charge is -2.35. The summed E-state index contributed by atoms with van der Waals surface area (Å²) in [6.45, 7) is 8.55. The van der Waals surface area contributed by atoms with Crippen LogP contribution in [0.4, 0.5) is 0 Å². The fraction of sp³-hybridized carbons (Fsp3) is 0.611. The van der Waals surface area contributed by atoms with Crippen LogP contribution in [0.1, 0.15) is 31.9 Å². The van der Waals surface area contributed by atoms with E-state index in [0.717, 1.165) is 50.3 Å². The number of nitrogens with one attached hydrogen (secondary N) is 2. The van der Waals surface area contributed by atoms with Gasteiger partial charge in [0.25, 0.3) is 0 Å². The molecule has 134 valence electrons. The van der Waals surface area contributed by atoms with Gasteiger partial charge in [0.1, 0.15) is 0 Å². The highest BCUT2D eigenvalue weighted by atomic mass is 35.5. The predicted octanol–water partition coefficient (Wildman–Crippen LogP) is 2.68. The molecule has 5 nitrogen and oxygen atoms in total. The number of rotatable bonds is 6. The number of morpholine rings is 1. The molecule has 1 fully saturated rings. The molecule has 2 atom stereocenters. The van der Waals surface area contributed by atoms with Gasteiger partial charge in [-0.25, -0.2) is 0 Å². The van der Waals surface area contributed by atoms with Crippen LogP contribution in [0.2, 0.25) is 5.02 Å². The first kappa shape index (κ1) is 19.0. The first-order chi connectivity index (χ1) is 11.6. The summed E-state index contributed by atoms with van der Waals surface area (Å²) in [4.78, 5) is 6.79. The molecule has 0 radical (unpaired) electrons. The van der Waals surface area contributed by atoms with Crippen molar-refractivity contribution in [2.45, 2.75) is 32.4 Å². The molecule has 6 heteroatoms. The summed E-state index contributed by atoms with van der Waals surface area (Å²) >= 11 is 6.05. The zero-order valence-electron chi connectivity index (χ0n) is 14.9. The molecule has 1 aliphatic heterocycles. The Bertz CT molecular complexity index is 514. The van der Waals surface area contributed by atoms with Gasteiger partial charge in [0.05, 0.1) is 19.3 Å². The Kier molecular flexibility index (Phi) is 7.82. The minimum Gasteiger partial charge on any atom is -0.379 e. The summed E-state index contributed by atoms with van der Waals surface area (Å²) < 4.78 is 5.50. The summed E-state index contributed by atoms with van der Waals surface area (Å²) in [5.74, 6) is 0.844. The van der Waals surface area contributed by atoms with Crippen LogP contribution in [0.15, 0.2) is 29.3 Å². The van der Waals surface area contributed by atoms with Gasteiger partial charge in [-0.05, 0) is 31.0 Å². The molecule has 24 heavy (non-hydrogen) atoms. The summed E-state index contributed by atoms with van der Waals surface area (Å²) in [6.07, 6.45) is 1.06. The largest absolute Gasteiger partial charge is 0.379 e. The van der Waals surface area contributed by atoms with Crippen molar-refractivity contribution in [2.24, 2.45) is 4.99 Å². The van der Waals surface area contributed by atoms with Crippen molar-refractivity contribution >= 4 is 17.6 Å². The predicted molar refractivity (Wildman–Crippen MR) is 101 cm³/mol. The Morgan fingerprint density at radius 2 is 1.96 bits per heavy atom. The van der Waals surface area contributed by atoms with E-state index < -0.39 is 0 Å². The van der Waals surface area contributed by atoms with E-state index in [9.17, 15) is 0 Å². The van der Waals surface area contributed by atoms with Crippen molar-refractivity contribution in [1.82, 2.24) is 15.5 Å². The van der Waals surface area contributed by atoms with Gasteiger partial charge in [-0.3, -0.25) is 9.89 Å². The number of guanidine groups is 1. The van der Waals surface area contributed by atoms with E-state index in [1.54, 1.807) is 0 Å². The number of hydrogen-bond donors (Lipinski definition) is 2. The minimum atomic E-state index is 0.265. The number of nitrogens with zero attached hydrogens (tertiary/aromatic N) is 2. The summed E-state index contributed by atoms with van der Waals surface area (Å²) in [7, 11) is 1.81. The van der Waals surface area contributed by atoms with Gasteiger partial charge in [-0.15, -0.1) is 0 Å². The van der Waals surface area contributed by atoms with Crippen molar-refractivity contribution in [3.05, 3.63) is 34.9 Å². The van der Waals surface area contributed by atoms with Crippen molar-refractivity contribution in [1.29, 1.82) is 0 Å². The second-order valence-electron chi connectivity index (χ2n) is 6.12. The van der Waals surface area contributed by atoms with E-state index in [1.165, 1.54) is 5.56 Å². The molecule has 0 aliphatic carbocycles. The lowest BCUT2D eigenvalue weighted by atomic mass is 10.0. The van der Waals surface area contributed by atoms with Gasteiger partial charge in [0.15, 0.2) is 5.96 Å². The topological polar surface area (TPSA) is 48.9 Å². The molecule has 2 unspecified atom stereocenters. The summed E-state index contributed by atoms with van der Waals surface area (Å²) in [6, 6.07) is 8.78. The number of ether oxygens (including phenoxy) is 1. The Morgan fingerprint density at radius 3 is 2.54 bits per heavy atom. The van der Waals surface area contributed by atoms with E-state index in [4.69, 9.17) is 16.3 Å². The SMILES string of the molecule is CCC(C)NC(=NC)NCC(c1ccc(Cl)cc1)N1CCOCC1. The molecule has 1 heterocycles. The van der Waals surface area contributed by atoms with Crippen molar-refractivity contribution in [3.63, 3.8) is 0 Å². The van der Waals surface area contributed by atoms with Gasteiger partial charge < -0.3 is 15.4 Å². The molecule has 1 aromatic rings. The second-order valence-corrected chi connectivity index (χ2v) is 6.56. The molecule has 0 amide bonds. The molecular formula is C18H29ClN4O. The maximum Gasteiger partial charge on any atom is 0.191 e. The lowest BCUT2D eigenvalue weighted by Crippen LogP contribution is -2.47. The molecule has 1 aromatic carbocycles.